The van der Waals surface area contributed by atoms with Crippen LogP contribution in [0.3, 0.4) is 0 Å². The standard InChI is InChI=1S/C15H24N4O/c1-11(2)19(8-9-20-3)7-6-15-17-13-5-4-12(16)10-14(13)18-15/h4-5,10-11H,6-9,16H2,1-3H3,(H,17,18). The molecule has 1 aromatic carbocycles. The summed E-state index contributed by atoms with van der Waals surface area (Å²) in [6.45, 7) is 7.08. The molecule has 1 heterocycles. The molecule has 5 nitrogen and oxygen atoms in total. The quantitative estimate of drug-likeness (QED) is 0.759. The lowest BCUT2D eigenvalue weighted by Crippen LogP contribution is -2.35. The smallest absolute Gasteiger partial charge is 0.108 e. The minimum Gasteiger partial charge on any atom is -0.399 e. The SMILES string of the molecule is COCCN(CCc1nc2ccc(N)cc2[nH]1)C(C)C. The lowest BCUT2D eigenvalue weighted by Gasteiger charge is -2.25. The van der Waals surface area contributed by atoms with Crippen LogP contribution in [0.2, 0.25) is 0 Å². The topological polar surface area (TPSA) is 67.2 Å². The first-order valence-electron chi connectivity index (χ1n) is 7.07. The van der Waals surface area contributed by atoms with Gasteiger partial charge in [-0.15, -0.1) is 0 Å². The Labute approximate surface area is 120 Å². The molecular weight excluding hydrogens is 252 g/mol. The van der Waals surface area contributed by atoms with Crippen molar-refractivity contribution in [3.63, 3.8) is 0 Å². The molecule has 0 saturated heterocycles. The van der Waals surface area contributed by atoms with E-state index in [0.29, 0.717) is 6.04 Å². The number of H-pyrrole nitrogens is 1. The van der Waals surface area contributed by atoms with Crippen LogP contribution in [0.15, 0.2) is 18.2 Å². The molecule has 0 unspecified atom stereocenters. The third kappa shape index (κ3) is 3.71. The minimum absolute atomic E-state index is 0.505. The molecule has 0 radical (unpaired) electrons. The average molecular weight is 276 g/mol. The highest BCUT2D eigenvalue weighted by Crippen LogP contribution is 2.15. The fourth-order valence-corrected chi connectivity index (χ4v) is 2.28. The molecule has 1 aromatic heterocycles. The van der Waals surface area contributed by atoms with Gasteiger partial charge in [-0.05, 0) is 32.0 Å². The summed E-state index contributed by atoms with van der Waals surface area (Å²) in [5.41, 5.74) is 8.52. The Morgan fingerprint density at radius 1 is 1.35 bits per heavy atom. The van der Waals surface area contributed by atoms with Crippen LogP contribution in [0.1, 0.15) is 19.7 Å². The molecule has 20 heavy (non-hydrogen) atoms. The maximum Gasteiger partial charge on any atom is 0.108 e. The summed E-state index contributed by atoms with van der Waals surface area (Å²) >= 11 is 0. The van der Waals surface area contributed by atoms with Crippen molar-refractivity contribution in [1.82, 2.24) is 14.9 Å². The van der Waals surface area contributed by atoms with E-state index in [9.17, 15) is 0 Å². The summed E-state index contributed by atoms with van der Waals surface area (Å²) in [6.07, 6.45) is 0.899. The number of nitrogens with two attached hydrogens (primary N) is 1. The zero-order valence-corrected chi connectivity index (χ0v) is 12.5. The van der Waals surface area contributed by atoms with Gasteiger partial charge in [0.1, 0.15) is 5.82 Å². The fraction of sp³-hybridized carbons (Fsp3) is 0.533. The van der Waals surface area contributed by atoms with Gasteiger partial charge in [-0.2, -0.15) is 0 Å². The molecule has 0 saturated carbocycles. The number of methoxy groups -OCH3 is 1. The Morgan fingerprint density at radius 2 is 2.15 bits per heavy atom. The molecule has 0 amide bonds. The molecule has 0 bridgehead atoms. The van der Waals surface area contributed by atoms with Gasteiger partial charge in [0.25, 0.3) is 0 Å². The largest absolute Gasteiger partial charge is 0.399 e. The lowest BCUT2D eigenvalue weighted by atomic mass is 10.3. The number of nitrogens with one attached hydrogen (secondary N) is 1. The van der Waals surface area contributed by atoms with E-state index in [1.165, 1.54) is 0 Å². The second-order valence-electron chi connectivity index (χ2n) is 5.33. The highest BCUT2D eigenvalue weighted by atomic mass is 16.5. The Bertz CT molecular complexity index is 550. The van der Waals surface area contributed by atoms with Crippen LogP contribution in [-0.4, -0.2) is 47.7 Å². The maximum atomic E-state index is 5.78. The van der Waals surface area contributed by atoms with Crippen molar-refractivity contribution < 1.29 is 4.74 Å². The maximum absolute atomic E-state index is 5.78. The fourth-order valence-electron chi connectivity index (χ4n) is 2.28. The zero-order chi connectivity index (χ0) is 14.5. The summed E-state index contributed by atoms with van der Waals surface area (Å²) in [5, 5.41) is 0. The molecular formula is C15H24N4O. The van der Waals surface area contributed by atoms with Crippen molar-refractivity contribution in [2.75, 3.05) is 32.5 Å². The normalized spacial score (nSPS) is 11.8. The van der Waals surface area contributed by atoms with Crippen LogP contribution in [0.4, 0.5) is 5.69 Å². The van der Waals surface area contributed by atoms with E-state index in [-0.39, 0.29) is 0 Å². The van der Waals surface area contributed by atoms with Gasteiger partial charge < -0.3 is 15.5 Å². The number of nitrogen functional groups attached to an aromatic ring is 1. The molecule has 0 aliphatic rings. The van der Waals surface area contributed by atoms with E-state index < -0.39 is 0 Å². The van der Waals surface area contributed by atoms with Crippen molar-refractivity contribution in [2.24, 2.45) is 0 Å². The zero-order valence-electron chi connectivity index (χ0n) is 12.5. The summed E-state index contributed by atoms with van der Waals surface area (Å²) in [4.78, 5) is 10.3. The number of aromatic nitrogens is 2. The number of fused-ring (bicyclic) bond motifs is 1. The molecule has 0 spiro atoms. The third-order valence-electron chi connectivity index (χ3n) is 3.50. The van der Waals surface area contributed by atoms with Crippen molar-refractivity contribution in [3.8, 4) is 0 Å². The molecule has 2 rings (SSSR count). The number of nitrogens with zero attached hydrogens (tertiary/aromatic N) is 2. The van der Waals surface area contributed by atoms with Crippen molar-refractivity contribution in [3.05, 3.63) is 24.0 Å². The van der Waals surface area contributed by atoms with Crippen LogP contribution < -0.4 is 5.73 Å². The summed E-state index contributed by atoms with van der Waals surface area (Å²) < 4.78 is 5.16. The van der Waals surface area contributed by atoms with Crippen LogP contribution in [0, 0.1) is 0 Å². The monoisotopic (exact) mass is 276 g/mol. The Balaban J connectivity index is 2.00. The van der Waals surface area contributed by atoms with Gasteiger partial charge in [-0.1, -0.05) is 0 Å². The van der Waals surface area contributed by atoms with Crippen molar-refractivity contribution in [2.45, 2.75) is 26.3 Å². The number of hydrogen-bond acceptors (Lipinski definition) is 4. The highest BCUT2D eigenvalue weighted by Gasteiger charge is 2.10. The predicted octanol–water partition coefficient (Wildman–Crippen LogP) is 2.04. The van der Waals surface area contributed by atoms with Gasteiger partial charge in [0.15, 0.2) is 0 Å². The number of imidazole rings is 1. The van der Waals surface area contributed by atoms with E-state index in [1.807, 2.05) is 18.2 Å². The van der Waals surface area contributed by atoms with E-state index in [0.717, 1.165) is 48.7 Å². The number of hydrogen-bond donors (Lipinski definition) is 2. The molecule has 0 aliphatic carbocycles. The number of anilines is 1. The first kappa shape index (κ1) is 14.8. The highest BCUT2D eigenvalue weighted by molar-refractivity contribution is 5.78. The Morgan fingerprint density at radius 3 is 2.85 bits per heavy atom. The van der Waals surface area contributed by atoms with Crippen LogP contribution >= 0.6 is 0 Å². The lowest BCUT2D eigenvalue weighted by molar-refractivity contribution is 0.130. The molecule has 3 N–H and O–H groups in total. The third-order valence-corrected chi connectivity index (χ3v) is 3.50. The van der Waals surface area contributed by atoms with E-state index in [4.69, 9.17) is 10.5 Å². The number of rotatable bonds is 7. The minimum atomic E-state index is 0.505. The summed E-state index contributed by atoms with van der Waals surface area (Å²) in [6, 6.07) is 6.27. The molecule has 5 heteroatoms. The Hall–Kier alpha value is -1.59. The number of ether oxygens (including phenoxy) is 1. The first-order valence-corrected chi connectivity index (χ1v) is 7.07. The molecule has 0 atom stereocenters. The molecule has 110 valence electrons. The second-order valence-corrected chi connectivity index (χ2v) is 5.33. The molecule has 2 aromatic rings. The van der Waals surface area contributed by atoms with E-state index in [2.05, 4.69) is 28.7 Å². The van der Waals surface area contributed by atoms with Crippen molar-refractivity contribution in [1.29, 1.82) is 0 Å². The van der Waals surface area contributed by atoms with Gasteiger partial charge in [-0.3, -0.25) is 4.90 Å². The van der Waals surface area contributed by atoms with Gasteiger partial charge >= 0.3 is 0 Å². The first-order chi connectivity index (χ1) is 9.60. The van der Waals surface area contributed by atoms with Crippen molar-refractivity contribution >= 4 is 16.7 Å². The summed E-state index contributed by atoms with van der Waals surface area (Å²) in [7, 11) is 1.74. The predicted molar refractivity (Wildman–Crippen MR) is 82.8 cm³/mol. The van der Waals surface area contributed by atoms with E-state index in [1.54, 1.807) is 7.11 Å². The summed E-state index contributed by atoms with van der Waals surface area (Å²) in [5.74, 6) is 1.01. The second kappa shape index (κ2) is 6.72. The van der Waals surface area contributed by atoms with Gasteiger partial charge in [0.2, 0.25) is 0 Å². The molecule has 0 fully saturated rings. The van der Waals surface area contributed by atoms with E-state index >= 15 is 0 Å². The molecule has 0 aliphatic heterocycles. The van der Waals surface area contributed by atoms with Gasteiger partial charge in [0.05, 0.1) is 17.6 Å². The van der Waals surface area contributed by atoms with Gasteiger partial charge in [-0.25, -0.2) is 4.98 Å². The number of aromatic amines is 1. The van der Waals surface area contributed by atoms with Crippen LogP contribution in [0.5, 0.6) is 0 Å². The number of benzene rings is 1. The average Bonchev–Trinajstić information content (AvgIpc) is 2.80. The van der Waals surface area contributed by atoms with Crippen LogP contribution in [-0.2, 0) is 11.2 Å². The Kier molecular flexibility index (Phi) is 4.98. The van der Waals surface area contributed by atoms with Crippen LogP contribution in [0.25, 0.3) is 11.0 Å². The van der Waals surface area contributed by atoms with Gasteiger partial charge in [0, 0.05) is 38.3 Å².